The van der Waals surface area contributed by atoms with E-state index in [1.165, 1.54) is 0 Å². The summed E-state index contributed by atoms with van der Waals surface area (Å²) in [5.74, 6) is 0.536. The van der Waals surface area contributed by atoms with Crippen molar-refractivity contribution in [1.29, 1.82) is 0 Å². The Balaban J connectivity index is 1.26. The van der Waals surface area contributed by atoms with E-state index in [-0.39, 0.29) is 11.9 Å². The van der Waals surface area contributed by atoms with Crippen LogP contribution in [-0.2, 0) is 14.1 Å². The molecule has 162 valence electrons. The monoisotopic (exact) mass is 428 g/mol. The fourth-order valence-electron chi connectivity index (χ4n) is 3.96. The third kappa shape index (κ3) is 3.96. The van der Waals surface area contributed by atoms with Crippen molar-refractivity contribution in [2.75, 3.05) is 18.0 Å². The minimum atomic E-state index is -0.126. The molecular weight excluding hydrogens is 404 g/mol. The van der Waals surface area contributed by atoms with Crippen molar-refractivity contribution >= 4 is 11.9 Å². The van der Waals surface area contributed by atoms with Gasteiger partial charge in [-0.1, -0.05) is 30.3 Å². The minimum Gasteiger partial charge on any atom is -0.346 e. The van der Waals surface area contributed by atoms with E-state index in [0.29, 0.717) is 18.2 Å². The standard InChI is InChI=1S/C23H24N8O/c1-29-14-17(13-25-29)19-8-10-24-23(27-19)31-11-9-18(15-31)26-22(32)21-12-20(28-30(21)2)16-6-4-3-5-7-16/h3-8,10,12-14,18H,9,11,15H2,1-2H3,(H,26,32). The molecule has 4 aromatic rings. The SMILES string of the molecule is Cn1cc(-c2ccnc(N3CCC(NC(=O)c4cc(-c5ccccc5)nn4C)C3)n2)cn1. The fourth-order valence-corrected chi connectivity index (χ4v) is 3.96. The van der Waals surface area contributed by atoms with Gasteiger partial charge in [-0.05, 0) is 18.6 Å². The van der Waals surface area contributed by atoms with Crippen LogP contribution in [-0.4, -0.2) is 54.6 Å². The number of hydrogen-bond acceptors (Lipinski definition) is 6. The molecule has 0 radical (unpaired) electrons. The molecule has 0 bridgehead atoms. The Bertz CT molecular complexity index is 1250. The number of aromatic nitrogens is 6. The van der Waals surface area contributed by atoms with Crippen molar-refractivity contribution in [2.45, 2.75) is 12.5 Å². The number of nitrogens with one attached hydrogen (secondary N) is 1. The molecule has 1 aliphatic rings. The zero-order chi connectivity index (χ0) is 22.1. The Morgan fingerprint density at radius 1 is 1.09 bits per heavy atom. The summed E-state index contributed by atoms with van der Waals surface area (Å²) in [5.41, 5.74) is 4.09. The van der Waals surface area contributed by atoms with Gasteiger partial charge in [0, 0.05) is 56.7 Å². The predicted octanol–water partition coefficient (Wildman–Crippen LogP) is 2.29. The van der Waals surface area contributed by atoms with E-state index in [9.17, 15) is 4.79 Å². The zero-order valence-corrected chi connectivity index (χ0v) is 18.0. The Morgan fingerprint density at radius 3 is 2.72 bits per heavy atom. The van der Waals surface area contributed by atoms with Crippen LogP contribution in [0.2, 0.25) is 0 Å². The number of aryl methyl sites for hydroxylation is 2. The van der Waals surface area contributed by atoms with E-state index in [1.807, 2.05) is 55.7 Å². The number of benzene rings is 1. The second-order valence-electron chi connectivity index (χ2n) is 7.95. The Hall–Kier alpha value is -4.01. The quantitative estimate of drug-likeness (QED) is 0.524. The normalized spacial score (nSPS) is 15.8. The van der Waals surface area contributed by atoms with Crippen LogP contribution < -0.4 is 10.2 Å². The van der Waals surface area contributed by atoms with Crippen molar-refractivity contribution in [2.24, 2.45) is 14.1 Å². The molecule has 4 heterocycles. The molecular formula is C23H24N8O. The van der Waals surface area contributed by atoms with Crippen molar-refractivity contribution in [3.05, 3.63) is 66.7 Å². The Kier molecular flexibility index (Phi) is 5.14. The molecule has 0 saturated carbocycles. The largest absolute Gasteiger partial charge is 0.346 e. The molecule has 0 aliphatic carbocycles. The molecule has 1 aliphatic heterocycles. The third-order valence-electron chi connectivity index (χ3n) is 5.63. The van der Waals surface area contributed by atoms with Gasteiger partial charge in [0.25, 0.3) is 5.91 Å². The second kappa shape index (κ2) is 8.26. The molecule has 1 atom stereocenters. The molecule has 1 amide bonds. The lowest BCUT2D eigenvalue weighted by molar-refractivity contribution is 0.0931. The minimum absolute atomic E-state index is 0.0169. The van der Waals surface area contributed by atoms with E-state index in [2.05, 4.69) is 25.4 Å². The molecule has 1 unspecified atom stereocenters. The molecule has 5 rings (SSSR count). The highest BCUT2D eigenvalue weighted by Crippen LogP contribution is 2.22. The van der Waals surface area contributed by atoms with Crippen molar-refractivity contribution in [1.82, 2.24) is 34.8 Å². The van der Waals surface area contributed by atoms with Gasteiger partial charge in [0.2, 0.25) is 5.95 Å². The maximum atomic E-state index is 12.9. The van der Waals surface area contributed by atoms with E-state index in [0.717, 1.165) is 35.5 Å². The summed E-state index contributed by atoms with van der Waals surface area (Å²) in [5, 5.41) is 11.8. The maximum absolute atomic E-state index is 12.9. The van der Waals surface area contributed by atoms with E-state index in [1.54, 1.807) is 28.8 Å². The number of anilines is 1. The highest BCUT2D eigenvalue weighted by atomic mass is 16.2. The molecule has 0 spiro atoms. The average Bonchev–Trinajstić information content (AvgIpc) is 3.54. The maximum Gasteiger partial charge on any atom is 0.269 e. The Labute approximate surface area is 185 Å². The van der Waals surface area contributed by atoms with Crippen LogP contribution in [0.3, 0.4) is 0 Å². The van der Waals surface area contributed by atoms with Crippen LogP contribution in [0.5, 0.6) is 0 Å². The molecule has 1 aromatic carbocycles. The topological polar surface area (TPSA) is 93.8 Å². The Morgan fingerprint density at radius 2 is 1.94 bits per heavy atom. The first-order valence-electron chi connectivity index (χ1n) is 10.5. The first-order chi connectivity index (χ1) is 15.6. The van der Waals surface area contributed by atoms with Crippen LogP contribution in [0.25, 0.3) is 22.5 Å². The van der Waals surface area contributed by atoms with E-state index >= 15 is 0 Å². The number of rotatable bonds is 5. The highest BCUT2D eigenvalue weighted by Gasteiger charge is 2.27. The van der Waals surface area contributed by atoms with Crippen LogP contribution in [0.15, 0.2) is 61.1 Å². The van der Waals surface area contributed by atoms with Gasteiger partial charge in [0.05, 0.1) is 17.6 Å². The summed E-state index contributed by atoms with van der Waals surface area (Å²) < 4.78 is 3.38. The lowest BCUT2D eigenvalue weighted by Crippen LogP contribution is -2.38. The van der Waals surface area contributed by atoms with Crippen LogP contribution in [0.4, 0.5) is 5.95 Å². The average molecular weight is 429 g/mol. The summed E-state index contributed by atoms with van der Waals surface area (Å²) in [6, 6.07) is 13.6. The number of nitrogens with zero attached hydrogens (tertiary/aromatic N) is 7. The number of hydrogen-bond donors (Lipinski definition) is 1. The number of amides is 1. The fraction of sp³-hybridized carbons (Fsp3) is 0.261. The van der Waals surface area contributed by atoms with Gasteiger partial charge in [-0.25, -0.2) is 9.97 Å². The lowest BCUT2D eigenvalue weighted by Gasteiger charge is -2.17. The van der Waals surface area contributed by atoms with Crippen molar-refractivity contribution in [3.63, 3.8) is 0 Å². The van der Waals surface area contributed by atoms with Crippen molar-refractivity contribution in [3.8, 4) is 22.5 Å². The predicted molar refractivity (Wildman–Crippen MR) is 121 cm³/mol. The first kappa shape index (κ1) is 19.9. The smallest absolute Gasteiger partial charge is 0.269 e. The third-order valence-corrected chi connectivity index (χ3v) is 5.63. The van der Waals surface area contributed by atoms with Crippen LogP contribution in [0, 0.1) is 0 Å². The van der Waals surface area contributed by atoms with Gasteiger partial charge < -0.3 is 10.2 Å². The summed E-state index contributed by atoms with van der Waals surface area (Å²) in [6.07, 6.45) is 6.31. The molecule has 1 saturated heterocycles. The van der Waals surface area contributed by atoms with Gasteiger partial charge in [-0.2, -0.15) is 10.2 Å². The van der Waals surface area contributed by atoms with Crippen molar-refractivity contribution < 1.29 is 4.79 Å². The molecule has 1 fully saturated rings. The van der Waals surface area contributed by atoms with Crippen LogP contribution in [0.1, 0.15) is 16.9 Å². The van der Waals surface area contributed by atoms with E-state index in [4.69, 9.17) is 4.98 Å². The highest BCUT2D eigenvalue weighted by molar-refractivity contribution is 5.94. The van der Waals surface area contributed by atoms with Gasteiger partial charge in [-0.3, -0.25) is 14.2 Å². The second-order valence-corrected chi connectivity index (χ2v) is 7.95. The molecule has 3 aromatic heterocycles. The summed E-state index contributed by atoms with van der Waals surface area (Å²) in [6.45, 7) is 1.44. The summed E-state index contributed by atoms with van der Waals surface area (Å²) >= 11 is 0. The summed E-state index contributed by atoms with van der Waals surface area (Å²) in [4.78, 5) is 24.2. The van der Waals surface area contributed by atoms with Crippen LogP contribution >= 0.6 is 0 Å². The number of carbonyl (C=O) groups excluding carboxylic acids is 1. The molecule has 1 N–H and O–H groups in total. The van der Waals surface area contributed by atoms with Gasteiger partial charge in [0.15, 0.2) is 0 Å². The van der Waals surface area contributed by atoms with E-state index < -0.39 is 0 Å². The van der Waals surface area contributed by atoms with Gasteiger partial charge in [-0.15, -0.1) is 0 Å². The van der Waals surface area contributed by atoms with Gasteiger partial charge >= 0.3 is 0 Å². The van der Waals surface area contributed by atoms with Gasteiger partial charge in [0.1, 0.15) is 5.69 Å². The lowest BCUT2D eigenvalue weighted by atomic mass is 10.1. The zero-order valence-electron chi connectivity index (χ0n) is 18.0. The molecule has 9 nitrogen and oxygen atoms in total. The molecule has 9 heteroatoms. The first-order valence-corrected chi connectivity index (χ1v) is 10.5. The number of carbonyl (C=O) groups is 1. The summed E-state index contributed by atoms with van der Waals surface area (Å²) in [7, 11) is 3.67. The molecule has 32 heavy (non-hydrogen) atoms.